The fourth-order valence-electron chi connectivity index (χ4n) is 2.34. The van der Waals surface area contributed by atoms with Crippen molar-refractivity contribution in [1.82, 2.24) is 5.32 Å². The number of esters is 1. The molecule has 0 aliphatic carbocycles. The third-order valence-electron chi connectivity index (χ3n) is 3.84. The molecule has 26 heavy (non-hydrogen) atoms. The fraction of sp³-hybridized carbons (Fsp3) is 0.300. The van der Waals surface area contributed by atoms with E-state index in [1.54, 1.807) is 0 Å². The van der Waals surface area contributed by atoms with Crippen molar-refractivity contribution in [3.63, 3.8) is 0 Å². The van der Waals surface area contributed by atoms with Gasteiger partial charge in [0, 0.05) is 9.37 Å². The Hall–Kier alpha value is -1.79. The van der Waals surface area contributed by atoms with Crippen LogP contribution in [0.4, 0.5) is 0 Å². The van der Waals surface area contributed by atoms with E-state index in [4.69, 9.17) is 4.74 Å². The number of thioether (sulfide) groups is 1. The van der Waals surface area contributed by atoms with Crippen molar-refractivity contribution in [1.29, 1.82) is 0 Å². The van der Waals surface area contributed by atoms with Gasteiger partial charge >= 0.3 is 5.97 Å². The van der Waals surface area contributed by atoms with Crippen LogP contribution in [0.1, 0.15) is 29.7 Å². The van der Waals surface area contributed by atoms with Crippen molar-refractivity contribution in [2.24, 2.45) is 0 Å². The number of halogens is 1. The molecule has 1 atom stereocenters. The van der Waals surface area contributed by atoms with Crippen LogP contribution in [0.3, 0.4) is 0 Å². The van der Waals surface area contributed by atoms with Gasteiger partial charge < -0.3 is 10.1 Å². The number of hydrogen-bond acceptors (Lipinski definition) is 4. The molecule has 2 aromatic carbocycles. The molecule has 2 aromatic rings. The molecule has 0 bridgehead atoms. The maximum Gasteiger partial charge on any atom is 0.316 e. The van der Waals surface area contributed by atoms with Crippen molar-refractivity contribution < 1.29 is 14.3 Å². The second-order valence-electron chi connectivity index (χ2n) is 6.02. The summed E-state index contributed by atoms with van der Waals surface area (Å²) in [6, 6.07) is 13.6. The fourth-order valence-corrected chi connectivity index (χ4v) is 3.70. The van der Waals surface area contributed by atoms with E-state index in [0.29, 0.717) is 0 Å². The molecule has 0 heterocycles. The van der Waals surface area contributed by atoms with Crippen LogP contribution in [0.15, 0.2) is 51.8 Å². The molecule has 0 unspecified atom stereocenters. The summed E-state index contributed by atoms with van der Waals surface area (Å²) in [5.41, 5.74) is 3.21. The number of nitrogens with one attached hydrogen (secondary N) is 1. The monoisotopic (exact) mass is 435 g/mol. The molecule has 4 nitrogen and oxygen atoms in total. The second-order valence-corrected chi connectivity index (χ2v) is 7.89. The number of carbonyl (C=O) groups is 2. The van der Waals surface area contributed by atoms with Crippen LogP contribution in [-0.4, -0.2) is 24.2 Å². The molecular weight excluding hydrogens is 414 g/mol. The molecule has 0 saturated carbocycles. The predicted molar refractivity (Wildman–Crippen MR) is 108 cm³/mol. The van der Waals surface area contributed by atoms with Gasteiger partial charge in [-0.05, 0) is 49.6 Å². The molecule has 1 amide bonds. The molecule has 0 fully saturated rings. The maximum atomic E-state index is 11.9. The number of amides is 1. The van der Waals surface area contributed by atoms with E-state index < -0.39 is 5.97 Å². The number of carbonyl (C=O) groups excluding carboxylic acids is 2. The topological polar surface area (TPSA) is 55.4 Å². The molecule has 0 aliphatic rings. The zero-order chi connectivity index (χ0) is 19.1. The van der Waals surface area contributed by atoms with Crippen molar-refractivity contribution in [2.75, 3.05) is 12.4 Å². The average Bonchev–Trinajstić information content (AvgIpc) is 2.62. The quantitative estimate of drug-likeness (QED) is 0.510. The summed E-state index contributed by atoms with van der Waals surface area (Å²) in [6.07, 6.45) is 0. The van der Waals surface area contributed by atoms with Crippen LogP contribution in [0.5, 0.6) is 0 Å². The first-order valence-electron chi connectivity index (χ1n) is 8.26. The van der Waals surface area contributed by atoms with Crippen molar-refractivity contribution in [3.8, 4) is 0 Å². The lowest BCUT2D eigenvalue weighted by molar-refractivity contribution is -0.146. The van der Waals surface area contributed by atoms with E-state index in [1.807, 2.05) is 63.2 Å². The first-order valence-corrected chi connectivity index (χ1v) is 10.0. The number of hydrogen-bond donors (Lipinski definition) is 1. The average molecular weight is 436 g/mol. The molecule has 2 rings (SSSR count). The summed E-state index contributed by atoms with van der Waals surface area (Å²) in [7, 11) is 0. The molecule has 6 heteroatoms. The third kappa shape index (κ3) is 6.18. The Bertz CT molecular complexity index is 780. The zero-order valence-corrected chi connectivity index (χ0v) is 17.4. The van der Waals surface area contributed by atoms with Crippen LogP contribution in [0.2, 0.25) is 0 Å². The summed E-state index contributed by atoms with van der Waals surface area (Å²) in [4.78, 5) is 24.9. The van der Waals surface area contributed by atoms with Crippen molar-refractivity contribution in [2.45, 2.75) is 31.7 Å². The molecule has 0 radical (unpaired) electrons. The largest absolute Gasteiger partial charge is 0.455 e. The zero-order valence-electron chi connectivity index (χ0n) is 15.0. The Morgan fingerprint density at radius 3 is 2.54 bits per heavy atom. The number of rotatable bonds is 7. The van der Waals surface area contributed by atoms with Gasteiger partial charge in [-0.25, -0.2) is 0 Å². The van der Waals surface area contributed by atoms with Gasteiger partial charge in [0.15, 0.2) is 6.61 Å². The van der Waals surface area contributed by atoms with E-state index >= 15 is 0 Å². The van der Waals surface area contributed by atoms with Gasteiger partial charge in [0.05, 0.1) is 11.8 Å². The minimum absolute atomic E-state index is 0.134. The van der Waals surface area contributed by atoms with Crippen molar-refractivity contribution in [3.05, 3.63) is 63.6 Å². The van der Waals surface area contributed by atoms with Gasteiger partial charge in [-0.2, -0.15) is 0 Å². The number of benzene rings is 2. The standard InChI is InChI=1S/C20H22BrNO3S/c1-13-10-18(14(2)9-17(13)21)26-12-20(24)25-11-19(23)22-15(3)16-7-5-4-6-8-16/h4-10,15H,11-12H2,1-3H3,(H,22,23)/t15-/m0/s1. The van der Waals surface area contributed by atoms with E-state index in [0.717, 1.165) is 26.1 Å². The summed E-state index contributed by atoms with van der Waals surface area (Å²) in [6.45, 7) is 5.62. The molecule has 0 aliphatic heterocycles. The lowest BCUT2D eigenvalue weighted by atomic mass is 10.1. The highest BCUT2D eigenvalue weighted by atomic mass is 79.9. The SMILES string of the molecule is Cc1cc(SCC(=O)OCC(=O)N[C@@H](C)c2ccccc2)c(C)cc1Br. The molecule has 0 aromatic heterocycles. The lowest BCUT2D eigenvalue weighted by Gasteiger charge is -2.14. The Kier molecular flexibility index (Phi) is 7.72. The number of ether oxygens (including phenoxy) is 1. The van der Waals surface area contributed by atoms with Gasteiger partial charge in [0.1, 0.15) is 0 Å². The minimum Gasteiger partial charge on any atom is -0.455 e. The first kappa shape index (κ1) is 20.5. The van der Waals surface area contributed by atoms with E-state index in [2.05, 4.69) is 21.2 Å². The van der Waals surface area contributed by atoms with E-state index in [-0.39, 0.29) is 24.3 Å². The molecule has 1 N–H and O–H groups in total. The molecule has 0 spiro atoms. The highest BCUT2D eigenvalue weighted by molar-refractivity contribution is 9.10. The molecule has 0 saturated heterocycles. The predicted octanol–water partition coefficient (Wildman–Crippen LogP) is 4.58. The molecule has 138 valence electrons. The highest BCUT2D eigenvalue weighted by Gasteiger charge is 2.13. The van der Waals surface area contributed by atoms with Crippen LogP contribution in [-0.2, 0) is 14.3 Å². The van der Waals surface area contributed by atoms with Gasteiger partial charge in [0.25, 0.3) is 5.91 Å². The van der Waals surface area contributed by atoms with E-state index in [1.165, 1.54) is 11.8 Å². The highest BCUT2D eigenvalue weighted by Crippen LogP contribution is 2.28. The van der Waals surface area contributed by atoms with Crippen LogP contribution < -0.4 is 5.32 Å². The lowest BCUT2D eigenvalue weighted by Crippen LogP contribution is -2.31. The summed E-state index contributed by atoms with van der Waals surface area (Å²) >= 11 is 4.91. The minimum atomic E-state index is -0.405. The second kappa shape index (κ2) is 9.78. The first-order chi connectivity index (χ1) is 12.4. The Balaban J connectivity index is 1.76. The van der Waals surface area contributed by atoms with Crippen LogP contribution in [0, 0.1) is 13.8 Å². The summed E-state index contributed by atoms with van der Waals surface area (Å²) < 4.78 is 6.12. The smallest absolute Gasteiger partial charge is 0.316 e. The van der Waals surface area contributed by atoms with Gasteiger partial charge in [-0.15, -0.1) is 11.8 Å². The maximum absolute atomic E-state index is 11.9. The van der Waals surface area contributed by atoms with E-state index in [9.17, 15) is 9.59 Å². The van der Waals surface area contributed by atoms with Crippen LogP contribution in [0.25, 0.3) is 0 Å². The Morgan fingerprint density at radius 2 is 1.85 bits per heavy atom. The van der Waals surface area contributed by atoms with Crippen molar-refractivity contribution >= 4 is 39.6 Å². The van der Waals surface area contributed by atoms with Gasteiger partial charge in [0.2, 0.25) is 0 Å². The van der Waals surface area contributed by atoms with Crippen LogP contribution >= 0.6 is 27.7 Å². The Morgan fingerprint density at radius 1 is 1.15 bits per heavy atom. The number of aryl methyl sites for hydroxylation is 2. The normalized spacial score (nSPS) is 11.7. The third-order valence-corrected chi connectivity index (χ3v) is 5.83. The molecular formula is C20H22BrNO3S. The van der Waals surface area contributed by atoms with Gasteiger partial charge in [-0.1, -0.05) is 46.3 Å². The Labute approximate surface area is 166 Å². The summed E-state index contributed by atoms with van der Waals surface area (Å²) in [5, 5.41) is 2.82. The van der Waals surface area contributed by atoms with Gasteiger partial charge in [-0.3, -0.25) is 9.59 Å². The summed E-state index contributed by atoms with van der Waals surface area (Å²) in [5.74, 6) is -0.545.